The molecule has 212 valence electrons. The Morgan fingerprint density at radius 2 is 1.24 bits per heavy atom. The quantitative estimate of drug-likeness (QED) is 0.117. The van der Waals surface area contributed by atoms with Gasteiger partial charge in [-0.15, -0.1) is 0 Å². The molecular weight excluding hydrogens is 571 g/mol. The highest BCUT2D eigenvalue weighted by molar-refractivity contribution is 7.85. The summed E-state index contributed by atoms with van der Waals surface area (Å²) in [6.45, 7) is 0. The Hall–Kier alpha value is -5.64. The molecule has 5 nitrogen and oxygen atoms in total. The van der Waals surface area contributed by atoms with Gasteiger partial charge < -0.3 is 4.57 Å². The maximum absolute atomic E-state index is 15.4. The lowest BCUT2D eigenvalue weighted by Gasteiger charge is -2.20. The van der Waals surface area contributed by atoms with E-state index in [4.69, 9.17) is 15.0 Å². The van der Waals surface area contributed by atoms with E-state index in [0.717, 1.165) is 71.3 Å². The molecule has 0 spiro atoms. The number of imidazole rings is 1. The highest BCUT2D eigenvalue weighted by atomic mass is 31.2. The van der Waals surface area contributed by atoms with Crippen molar-refractivity contribution in [1.29, 1.82) is 0 Å². The number of para-hydroxylation sites is 3. The summed E-state index contributed by atoms with van der Waals surface area (Å²) in [7, 11) is -3.28. The van der Waals surface area contributed by atoms with Crippen LogP contribution in [-0.2, 0) is 4.57 Å². The Balaban J connectivity index is 1.28. The highest BCUT2D eigenvalue weighted by Gasteiger charge is 2.30. The lowest BCUT2D eigenvalue weighted by Crippen LogP contribution is -2.25. The number of benzene rings is 5. The SMILES string of the molecule is O=P(c1ccccc1)(c1ccc(-c2ccccc2)nc1)c1ccc2cc3c(nc2c1)c1ccccc1n1c2ccccc2nc31. The van der Waals surface area contributed by atoms with Gasteiger partial charge in [-0.1, -0.05) is 103 Å². The standard InChI is InChI=1S/C39H25N4OP/c44-45(28-13-5-2-6-14-28,30-21-22-33(40-25-30)26-11-3-1-4-12-26)29-20-19-27-23-32-38(41-35(27)24-29)31-15-7-9-17-36(31)43-37-18-10-8-16-34(37)42-39(32)43/h1-25H. The molecule has 9 rings (SSSR count). The van der Waals surface area contributed by atoms with Crippen molar-refractivity contribution in [1.82, 2.24) is 19.4 Å². The molecule has 0 saturated carbocycles. The van der Waals surface area contributed by atoms with Crippen LogP contribution in [0.2, 0.25) is 0 Å². The fraction of sp³-hybridized carbons (Fsp3) is 0. The molecule has 0 bridgehead atoms. The summed E-state index contributed by atoms with van der Waals surface area (Å²) in [5.41, 5.74) is 7.47. The second-order valence-corrected chi connectivity index (χ2v) is 14.0. The highest BCUT2D eigenvalue weighted by Crippen LogP contribution is 2.43. The predicted molar refractivity (Wildman–Crippen MR) is 186 cm³/mol. The first-order valence-corrected chi connectivity index (χ1v) is 16.6. The minimum Gasteiger partial charge on any atom is -0.309 e. The van der Waals surface area contributed by atoms with E-state index in [1.165, 1.54) is 0 Å². The number of aromatic nitrogens is 4. The fourth-order valence-electron chi connectivity index (χ4n) is 6.48. The topological polar surface area (TPSA) is 60.2 Å². The van der Waals surface area contributed by atoms with E-state index < -0.39 is 7.14 Å². The number of hydrogen-bond acceptors (Lipinski definition) is 4. The van der Waals surface area contributed by atoms with Crippen LogP contribution in [0.4, 0.5) is 0 Å². The summed E-state index contributed by atoms with van der Waals surface area (Å²) in [4.78, 5) is 15.0. The van der Waals surface area contributed by atoms with Crippen molar-refractivity contribution in [2.24, 2.45) is 0 Å². The lowest BCUT2D eigenvalue weighted by atomic mass is 10.1. The zero-order valence-electron chi connectivity index (χ0n) is 24.1. The van der Waals surface area contributed by atoms with E-state index in [1.807, 2.05) is 115 Å². The van der Waals surface area contributed by atoms with Gasteiger partial charge >= 0.3 is 0 Å². The summed E-state index contributed by atoms with van der Waals surface area (Å²) in [5, 5.41) is 5.16. The van der Waals surface area contributed by atoms with Crippen molar-refractivity contribution in [2.75, 3.05) is 0 Å². The molecule has 0 saturated heterocycles. The number of pyridine rings is 3. The van der Waals surface area contributed by atoms with Gasteiger partial charge in [-0.05, 0) is 42.5 Å². The Bertz CT molecular complexity index is 2610. The van der Waals surface area contributed by atoms with Crippen molar-refractivity contribution < 1.29 is 4.57 Å². The molecule has 0 fully saturated rings. The average Bonchev–Trinajstić information content (AvgIpc) is 3.51. The van der Waals surface area contributed by atoms with Crippen LogP contribution < -0.4 is 15.9 Å². The Labute approximate surface area is 258 Å². The van der Waals surface area contributed by atoms with E-state index in [0.29, 0.717) is 5.30 Å². The van der Waals surface area contributed by atoms with Crippen LogP contribution in [0.15, 0.2) is 152 Å². The van der Waals surface area contributed by atoms with Crippen molar-refractivity contribution in [2.45, 2.75) is 0 Å². The molecule has 4 heterocycles. The number of rotatable bonds is 4. The van der Waals surface area contributed by atoms with Crippen molar-refractivity contribution in [3.8, 4) is 11.3 Å². The first-order valence-electron chi connectivity index (χ1n) is 14.9. The third-order valence-electron chi connectivity index (χ3n) is 8.67. The molecule has 0 aliphatic carbocycles. The maximum Gasteiger partial charge on any atom is 0.172 e. The van der Waals surface area contributed by atoms with Gasteiger partial charge in [0.25, 0.3) is 0 Å². The first-order chi connectivity index (χ1) is 22.2. The van der Waals surface area contributed by atoms with Crippen molar-refractivity contribution in [3.63, 3.8) is 0 Å². The third kappa shape index (κ3) is 3.95. The number of hydrogen-bond donors (Lipinski definition) is 0. The van der Waals surface area contributed by atoms with Crippen molar-refractivity contribution >= 4 is 72.4 Å². The molecule has 5 aromatic carbocycles. The molecule has 1 atom stereocenters. The average molecular weight is 597 g/mol. The van der Waals surface area contributed by atoms with Gasteiger partial charge in [-0.3, -0.25) is 9.38 Å². The summed E-state index contributed by atoms with van der Waals surface area (Å²) >= 11 is 0. The van der Waals surface area contributed by atoms with E-state index >= 15 is 4.57 Å². The van der Waals surface area contributed by atoms with Gasteiger partial charge in [0.1, 0.15) is 5.65 Å². The minimum atomic E-state index is -3.28. The number of fused-ring (bicyclic) bond motifs is 9. The molecule has 0 aliphatic heterocycles. The molecule has 45 heavy (non-hydrogen) atoms. The van der Waals surface area contributed by atoms with Crippen LogP contribution in [-0.4, -0.2) is 19.4 Å². The van der Waals surface area contributed by atoms with Crippen molar-refractivity contribution in [3.05, 3.63) is 152 Å². The van der Waals surface area contributed by atoms with E-state index in [9.17, 15) is 0 Å². The van der Waals surface area contributed by atoms with Gasteiger partial charge in [-0.25, -0.2) is 9.97 Å². The van der Waals surface area contributed by atoms with Gasteiger partial charge in [0, 0.05) is 43.8 Å². The van der Waals surface area contributed by atoms with E-state index in [2.05, 4.69) is 34.7 Å². The molecule has 0 aliphatic rings. The molecule has 6 heteroatoms. The van der Waals surface area contributed by atoms with Crippen LogP contribution in [0.3, 0.4) is 0 Å². The normalized spacial score (nSPS) is 13.2. The lowest BCUT2D eigenvalue weighted by molar-refractivity contribution is 0.592. The van der Waals surface area contributed by atoms with Crippen LogP contribution >= 0.6 is 7.14 Å². The number of nitrogens with zero attached hydrogens (tertiary/aromatic N) is 4. The van der Waals surface area contributed by atoms with Crippen LogP contribution in [0, 0.1) is 0 Å². The zero-order valence-corrected chi connectivity index (χ0v) is 25.0. The molecule has 1 unspecified atom stereocenters. The summed E-state index contributed by atoms with van der Waals surface area (Å²) in [5.74, 6) is 0. The summed E-state index contributed by atoms with van der Waals surface area (Å²) in [6, 6.07) is 48.4. The Morgan fingerprint density at radius 1 is 0.533 bits per heavy atom. The molecule has 0 amide bonds. The van der Waals surface area contributed by atoms with Crippen LogP contribution in [0.5, 0.6) is 0 Å². The largest absolute Gasteiger partial charge is 0.309 e. The molecular formula is C39H25N4OP. The monoisotopic (exact) mass is 596 g/mol. The molecule has 0 radical (unpaired) electrons. The van der Waals surface area contributed by atoms with Crippen LogP contribution in [0.25, 0.3) is 60.6 Å². The minimum absolute atomic E-state index is 0.685. The van der Waals surface area contributed by atoms with Gasteiger partial charge in [0.05, 0.1) is 33.3 Å². The maximum atomic E-state index is 15.4. The Kier molecular flexibility index (Phi) is 5.71. The summed E-state index contributed by atoms with van der Waals surface area (Å²) in [6.07, 6.45) is 1.77. The molecule has 4 aromatic heterocycles. The van der Waals surface area contributed by atoms with Gasteiger partial charge in [0.2, 0.25) is 0 Å². The molecule has 0 N–H and O–H groups in total. The van der Waals surface area contributed by atoms with Crippen LogP contribution in [0.1, 0.15) is 0 Å². The smallest absolute Gasteiger partial charge is 0.172 e. The zero-order chi connectivity index (χ0) is 30.0. The first kappa shape index (κ1) is 25.8. The second kappa shape index (κ2) is 9.95. The van der Waals surface area contributed by atoms with E-state index in [1.54, 1.807) is 6.20 Å². The van der Waals surface area contributed by atoms with E-state index in [-0.39, 0.29) is 0 Å². The Morgan fingerprint density at radius 3 is 2.04 bits per heavy atom. The fourth-order valence-corrected chi connectivity index (χ4v) is 9.06. The van der Waals surface area contributed by atoms with Gasteiger partial charge in [-0.2, -0.15) is 0 Å². The third-order valence-corrected chi connectivity index (χ3v) is 11.7. The molecule has 9 aromatic rings. The second-order valence-electron chi connectivity index (χ2n) is 11.3. The summed E-state index contributed by atoms with van der Waals surface area (Å²) < 4.78 is 17.6. The van der Waals surface area contributed by atoms with Gasteiger partial charge in [0.15, 0.2) is 7.14 Å². The predicted octanol–water partition coefficient (Wildman–Crippen LogP) is 8.04.